The quantitative estimate of drug-likeness (QED) is 0.695. The Morgan fingerprint density at radius 1 is 1.40 bits per heavy atom. The Balaban J connectivity index is 2.57. The molecule has 4 heteroatoms. The zero-order chi connectivity index (χ0) is 15.2. The van der Waals surface area contributed by atoms with Crippen LogP contribution in [0.5, 0.6) is 0 Å². The van der Waals surface area contributed by atoms with Gasteiger partial charge in [-0.2, -0.15) is 0 Å². The molecule has 0 saturated carbocycles. The van der Waals surface area contributed by atoms with Crippen LogP contribution >= 0.6 is 0 Å². The van der Waals surface area contributed by atoms with Gasteiger partial charge in [0.05, 0.1) is 6.61 Å². The van der Waals surface area contributed by atoms with Gasteiger partial charge in [0.15, 0.2) is 0 Å². The molecule has 0 spiro atoms. The third-order valence-corrected chi connectivity index (χ3v) is 4.30. The molecule has 0 aromatic heterocycles. The SMILES string of the molecule is CCCNC(C)(CCN1CC(C)CC1C)C(=O)OCC. The van der Waals surface area contributed by atoms with E-state index in [1.165, 1.54) is 6.42 Å². The van der Waals surface area contributed by atoms with Gasteiger partial charge < -0.3 is 15.0 Å². The van der Waals surface area contributed by atoms with Crippen molar-refractivity contribution in [2.45, 2.75) is 65.5 Å². The second-order valence-electron chi connectivity index (χ2n) is 6.41. The lowest BCUT2D eigenvalue weighted by atomic mass is 9.97. The molecular formula is C16H32N2O2. The molecule has 0 aromatic rings. The Bertz CT molecular complexity index is 309. The average molecular weight is 284 g/mol. The zero-order valence-corrected chi connectivity index (χ0v) is 13.9. The Hall–Kier alpha value is -0.610. The van der Waals surface area contributed by atoms with Gasteiger partial charge in [-0.25, -0.2) is 0 Å². The van der Waals surface area contributed by atoms with E-state index in [1.54, 1.807) is 0 Å². The van der Waals surface area contributed by atoms with Gasteiger partial charge in [0.1, 0.15) is 5.54 Å². The van der Waals surface area contributed by atoms with Crippen LogP contribution in [-0.4, -0.2) is 48.7 Å². The molecule has 1 aliphatic heterocycles. The lowest BCUT2D eigenvalue weighted by Gasteiger charge is -2.31. The van der Waals surface area contributed by atoms with E-state index < -0.39 is 5.54 Å². The minimum atomic E-state index is -0.558. The molecular weight excluding hydrogens is 252 g/mol. The number of likely N-dealkylation sites (tertiary alicyclic amines) is 1. The average Bonchev–Trinajstić information content (AvgIpc) is 2.72. The zero-order valence-electron chi connectivity index (χ0n) is 13.9. The summed E-state index contributed by atoms with van der Waals surface area (Å²) < 4.78 is 5.25. The van der Waals surface area contributed by atoms with Crippen LogP contribution in [0.2, 0.25) is 0 Å². The molecule has 3 atom stereocenters. The molecule has 0 aromatic carbocycles. The van der Waals surface area contributed by atoms with E-state index in [-0.39, 0.29) is 5.97 Å². The van der Waals surface area contributed by atoms with Gasteiger partial charge in [-0.05, 0) is 52.5 Å². The molecule has 118 valence electrons. The standard InChI is InChI=1S/C16H32N2O2/c1-6-9-17-16(5,15(19)20-7-2)8-10-18-12-13(3)11-14(18)4/h13-14,17H,6-12H2,1-5H3. The molecule has 0 aliphatic carbocycles. The molecule has 0 amide bonds. The van der Waals surface area contributed by atoms with Crippen molar-refractivity contribution in [2.75, 3.05) is 26.2 Å². The summed E-state index contributed by atoms with van der Waals surface area (Å²) in [6, 6.07) is 0.627. The fourth-order valence-electron chi connectivity index (χ4n) is 3.02. The molecule has 1 aliphatic rings. The highest BCUT2D eigenvalue weighted by Crippen LogP contribution is 2.24. The number of rotatable bonds is 8. The van der Waals surface area contributed by atoms with Gasteiger partial charge in [0, 0.05) is 19.1 Å². The first kappa shape index (κ1) is 17.4. The van der Waals surface area contributed by atoms with E-state index in [0.717, 1.165) is 38.4 Å². The van der Waals surface area contributed by atoms with E-state index in [9.17, 15) is 4.79 Å². The number of carbonyl (C=O) groups is 1. The molecule has 20 heavy (non-hydrogen) atoms. The van der Waals surface area contributed by atoms with Gasteiger partial charge in [0.2, 0.25) is 0 Å². The maximum absolute atomic E-state index is 12.2. The predicted octanol–water partition coefficient (Wildman–Crippen LogP) is 2.43. The van der Waals surface area contributed by atoms with Gasteiger partial charge in [0.25, 0.3) is 0 Å². The number of carbonyl (C=O) groups excluding carboxylic acids is 1. The van der Waals surface area contributed by atoms with Crippen LogP contribution in [-0.2, 0) is 9.53 Å². The van der Waals surface area contributed by atoms with Crippen LogP contribution in [0.4, 0.5) is 0 Å². The summed E-state index contributed by atoms with van der Waals surface area (Å²) >= 11 is 0. The van der Waals surface area contributed by atoms with Crippen molar-refractivity contribution in [2.24, 2.45) is 5.92 Å². The minimum absolute atomic E-state index is 0.117. The highest BCUT2D eigenvalue weighted by atomic mass is 16.5. The first-order valence-corrected chi connectivity index (χ1v) is 8.09. The first-order valence-electron chi connectivity index (χ1n) is 8.09. The van der Waals surface area contributed by atoms with Gasteiger partial charge >= 0.3 is 5.97 Å². The highest BCUT2D eigenvalue weighted by Gasteiger charge is 2.36. The lowest BCUT2D eigenvalue weighted by molar-refractivity contribution is -0.151. The number of ether oxygens (including phenoxy) is 1. The van der Waals surface area contributed by atoms with E-state index in [2.05, 4.69) is 31.0 Å². The summed E-state index contributed by atoms with van der Waals surface area (Å²) in [5.41, 5.74) is -0.558. The topological polar surface area (TPSA) is 41.6 Å². The summed E-state index contributed by atoms with van der Waals surface area (Å²) in [4.78, 5) is 14.7. The van der Waals surface area contributed by atoms with Gasteiger partial charge in [-0.3, -0.25) is 4.79 Å². The second kappa shape index (κ2) is 7.99. The number of hydrogen-bond acceptors (Lipinski definition) is 4. The molecule has 3 unspecified atom stereocenters. The smallest absolute Gasteiger partial charge is 0.326 e. The molecule has 0 bridgehead atoms. The second-order valence-corrected chi connectivity index (χ2v) is 6.41. The van der Waals surface area contributed by atoms with Gasteiger partial charge in [-0.1, -0.05) is 13.8 Å². The van der Waals surface area contributed by atoms with Crippen molar-refractivity contribution in [3.8, 4) is 0 Å². The Kier molecular flexibility index (Phi) is 6.96. The van der Waals surface area contributed by atoms with Crippen LogP contribution in [0.3, 0.4) is 0 Å². The molecule has 1 saturated heterocycles. The minimum Gasteiger partial charge on any atom is -0.465 e. The lowest BCUT2D eigenvalue weighted by Crippen LogP contribution is -2.52. The van der Waals surface area contributed by atoms with Crippen LogP contribution in [0, 0.1) is 5.92 Å². The third kappa shape index (κ3) is 4.74. The fourth-order valence-corrected chi connectivity index (χ4v) is 3.02. The van der Waals surface area contributed by atoms with Crippen LogP contribution in [0.15, 0.2) is 0 Å². The Labute approximate surface area is 124 Å². The van der Waals surface area contributed by atoms with Crippen molar-refractivity contribution in [3.05, 3.63) is 0 Å². The van der Waals surface area contributed by atoms with E-state index in [0.29, 0.717) is 12.6 Å². The van der Waals surface area contributed by atoms with Crippen molar-refractivity contribution >= 4 is 5.97 Å². The summed E-state index contributed by atoms with van der Waals surface area (Å²) in [7, 11) is 0. The summed E-state index contributed by atoms with van der Waals surface area (Å²) in [5, 5.41) is 3.38. The third-order valence-electron chi connectivity index (χ3n) is 4.30. The van der Waals surface area contributed by atoms with Crippen LogP contribution < -0.4 is 5.32 Å². The number of nitrogens with one attached hydrogen (secondary N) is 1. The van der Waals surface area contributed by atoms with Crippen molar-refractivity contribution in [1.82, 2.24) is 10.2 Å². The summed E-state index contributed by atoms with van der Waals surface area (Å²) in [6.07, 6.45) is 3.09. The van der Waals surface area contributed by atoms with Crippen molar-refractivity contribution in [3.63, 3.8) is 0 Å². The number of esters is 1. The molecule has 0 radical (unpaired) electrons. The Morgan fingerprint density at radius 2 is 2.10 bits per heavy atom. The predicted molar refractivity (Wildman–Crippen MR) is 82.8 cm³/mol. The maximum Gasteiger partial charge on any atom is 0.326 e. The summed E-state index contributed by atoms with van der Waals surface area (Å²) in [5.74, 6) is 0.649. The normalized spacial score (nSPS) is 26.4. The molecule has 1 fully saturated rings. The van der Waals surface area contributed by atoms with Gasteiger partial charge in [-0.15, -0.1) is 0 Å². The molecule has 4 nitrogen and oxygen atoms in total. The van der Waals surface area contributed by atoms with Crippen molar-refractivity contribution < 1.29 is 9.53 Å². The highest BCUT2D eigenvalue weighted by molar-refractivity contribution is 5.80. The largest absolute Gasteiger partial charge is 0.465 e. The maximum atomic E-state index is 12.2. The first-order chi connectivity index (χ1) is 9.42. The van der Waals surface area contributed by atoms with Crippen LogP contribution in [0.25, 0.3) is 0 Å². The summed E-state index contributed by atoms with van der Waals surface area (Å²) in [6.45, 7) is 13.9. The van der Waals surface area contributed by atoms with Crippen LogP contribution in [0.1, 0.15) is 53.9 Å². The molecule has 1 rings (SSSR count). The fraction of sp³-hybridized carbons (Fsp3) is 0.938. The van der Waals surface area contributed by atoms with E-state index in [1.807, 2.05) is 13.8 Å². The molecule has 1 heterocycles. The van der Waals surface area contributed by atoms with E-state index >= 15 is 0 Å². The number of hydrogen-bond donors (Lipinski definition) is 1. The Morgan fingerprint density at radius 3 is 2.60 bits per heavy atom. The van der Waals surface area contributed by atoms with Crippen molar-refractivity contribution in [1.29, 1.82) is 0 Å². The monoisotopic (exact) mass is 284 g/mol. The van der Waals surface area contributed by atoms with E-state index in [4.69, 9.17) is 4.74 Å². The number of nitrogens with zero attached hydrogens (tertiary/aromatic N) is 1. The molecule has 1 N–H and O–H groups in total.